The highest BCUT2D eigenvalue weighted by Gasteiger charge is 2.42. The number of rotatable bonds is 6. The Labute approximate surface area is 207 Å². The predicted octanol–water partition coefficient (Wildman–Crippen LogP) is 5.51. The molecule has 0 N–H and O–H groups in total. The number of fused-ring (bicyclic) bond motifs is 2. The molecule has 0 spiro atoms. The van der Waals surface area contributed by atoms with Crippen LogP contribution in [0.3, 0.4) is 0 Å². The van der Waals surface area contributed by atoms with Gasteiger partial charge in [0.05, 0.1) is 17.0 Å². The average Bonchev–Trinajstić information content (AvgIpc) is 3.20. The topological polar surface area (TPSA) is 72.6 Å². The lowest BCUT2D eigenvalue weighted by atomic mass is 9.98. The number of nitrogens with zero attached hydrogens (tertiary/aromatic N) is 2. The molecular weight excluding hydrogens is 452 g/mol. The Bertz CT molecular complexity index is 1600. The number of ether oxygens (including phenoxy) is 1. The predicted molar refractivity (Wildman–Crippen MR) is 136 cm³/mol. The summed E-state index contributed by atoms with van der Waals surface area (Å²) in [7, 11) is 0. The fourth-order valence-electron chi connectivity index (χ4n) is 4.65. The highest BCUT2D eigenvalue weighted by atomic mass is 16.5. The van der Waals surface area contributed by atoms with E-state index < -0.39 is 6.04 Å². The minimum absolute atomic E-state index is 0.0944. The van der Waals surface area contributed by atoms with Crippen molar-refractivity contribution in [1.29, 1.82) is 0 Å². The molecule has 1 amide bonds. The van der Waals surface area contributed by atoms with Crippen LogP contribution < -0.4 is 10.2 Å². The molecule has 1 atom stereocenters. The molecule has 3 aromatic carbocycles. The first-order chi connectivity index (χ1) is 17.7. The molecule has 3 heterocycles. The Morgan fingerprint density at radius 2 is 1.58 bits per heavy atom. The van der Waals surface area contributed by atoms with E-state index in [-0.39, 0.29) is 17.1 Å². The highest BCUT2D eigenvalue weighted by Crippen LogP contribution is 2.39. The molecule has 36 heavy (non-hydrogen) atoms. The van der Waals surface area contributed by atoms with Crippen molar-refractivity contribution in [2.24, 2.45) is 0 Å². The molecule has 2 aromatic heterocycles. The lowest BCUT2D eigenvalue weighted by Crippen LogP contribution is -2.29. The molecule has 0 bridgehead atoms. The molecule has 1 aliphatic rings. The summed E-state index contributed by atoms with van der Waals surface area (Å²) in [5.41, 5.74) is 3.32. The van der Waals surface area contributed by atoms with Gasteiger partial charge in [-0.1, -0.05) is 60.7 Å². The number of hydrogen-bond donors (Lipinski definition) is 0. The Balaban J connectivity index is 1.39. The molecule has 0 radical (unpaired) electrons. The standard InChI is InChI=1S/C30H22N2O4/c33-28-24-10-4-5-11-25(24)36-29-26(28)27(32(30(29)34)18-21-9-6-16-31-17-21)22-12-14-23(15-13-22)35-19-20-7-2-1-3-8-20/h1-17,27H,18-19H2/t27-/m0/s1. The molecule has 6 rings (SSSR count). The van der Waals surface area contributed by atoms with E-state index in [0.717, 1.165) is 16.7 Å². The van der Waals surface area contributed by atoms with E-state index in [1.54, 1.807) is 41.6 Å². The summed E-state index contributed by atoms with van der Waals surface area (Å²) in [6, 6.07) is 27.6. The lowest BCUT2D eigenvalue weighted by Gasteiger charge is -2.25. The largest absolute Gasteiger partial charge is 0.489 e. The quantitative estimate of drug-likeness (QED) is 0.324. The third-order valence-corrected chi connectivity index (χ3v) is 6.39. The number of hydrogen-bond acceptors (Lipinski definition) is 5. The SMILES string of the molecule is O=C1c2oc3ccccc3c(=O)c2[C@H](c2ccc(OCc3ccccc3)cc2)N1Cc1cccnc1. The van der Waals surface area contributed by atoms with Crippen molar-refractivity contribution in [3.8, 4) is 5.75 Å². The van der Waals surface area contributed by atoms with Gasteiger partial charge in [0.25, 0.3) is 5.91 Å². The van der Waals surface area contributed by atoms with Crippen LogP contribution in [0.15, 0.2) is 113 Å². The van der Waals surface area contributed by atoms with E-state index in [4.69, 9.17) is 9.15 Å². The maximum absolute atomic E-state index is 13.6. The third-order valence-electron chi connectivity index (χ3n) is 6.39. The second-order valence-electron chi connectivity index (χ2n) is 8.71. The summed E-state index contributed by atoms with van der Waals surface area (Å²) in [4.78, 5) is 33.0. The summed E-state index contributed by atoms with van der Waals surface area (Å²) in [5.74, 6) is 0.486. The Morgan fingerprint density at radius 3 is 2.36 bits per heavy atom. The van der Waals surface area contributed by atoms with Crippen molar-refractivity contribution in [2.75, 3.05) is 0 Å². The van der Waals surface area contributed by atoms with E-state index in [1.165, 1.54) is 0 Å². The maximum Gasteiger partial charge on any atom is 0.291 e. The fourth-order valence-corrected chi connectivity index (χ4v) is 4.65. The van der Waals surface area contributed by atoms with Gasteiger partial charge in [0.1, 0.15) is 17.9 Å². The molecule has 0 aliphatic carbocycles. The van der Waals surface area contributed by atoms with Gasteiger partial charge >= 0.3 is 0 Å². The first-order valence-corrected chi connectivity index (χ1v) is 11.7. The van der Waals surface area contributed by atoms with E-state index in [2.05, 4.69) is 4.98 Å². The number of amides is 1. The summed E-state index contributed by atoms with van der Waals surface area (Å²) in [6.45, 7) is 0.747. The molecule has 0 fully saturated rings. The number of para-hydroxylation sites is 1. The Morgan fingerprint density at radius 1 is 0.833 bits per heavy atom. The molecule has 6 nitrogen and oxygen atoms in total. The zero-order valence-electron chi connectivity index (χ0n) is 19.3. The third kappa shape index (κ3) is 3.92. The normalized spacial score (nSPS) is 14.7. The Kier molecular flexibility index (Phi) is 5.54. The summed E-state index contributed by atoms with van der Waals surface area (Å²) in [5, 5.41) is 0.458. The molecule has 1 aliphatic heterocycles. The monoisotopic (exact) mass is 474 g/mol. The van der Waals surface area contributed by atoms with Crippen LogP contribution in [0.5, 0.6) is 5.75 Å². The molecule has 176 valence electrons. The van der Waals surface area contributed by atoms with Crippen LogP contribution >= 0.6 is 0 Å². The van der Waals surface area contributed by atoms with Crippen LogP contribution in [-0.2, 0) is 13.2 Å². The number of benzene rings is 3. The van der Waals surface area contributed by atoms with E-state index in [1.807, 2.05) is 66.7 Å². The number of carbonyl (C=O) groups is 1. The molecule has 6 heteroatoms. The van der Waals surface area contributed by atoms with Gasteiger partial charge in [-0.3, -0.25) is 14.6 Å². The number of pyridine rings is 1. The van der Waals surface area contributed by atoms with Gasteiger partial charge in [-0.2, -0.15) is 0 Å². The van der Waals surface area contributed by atoms with Gasteiger partial charge in [0, 0.05) is 18.9 Å². The first-order valence-electron chi connectivity index (χ1n) is 11.7. The van der Waals surface area contributed by atoms with E-state index in [0.29, 0.717) is 35.4 Å². The zero-order valence-corrected chi connectivity index (χ0v) is 19.3. The van der Waals surface area contributed by atoms with Crippen LogP contribution in [-0.4, -0.2) is 15.8 Å². The Hall–Kier alpha value is -4.71. The van der Waals surface area contributed by atoms with Gasteiger partial charge in [-0.15, -0.1) is 0 Å². The second kappa shape index (κ2) is 9.15. The molecule has 0 saturated heterocycles. The van der Waals surface area contributed by atoms with Crippen molar-refractivity contribution in [3.63, 3.8) is 0 Å². The van der Waals surface area contributed by atoms with Crippen molar-refractivity contribution >= 4 is 16.9 Å². The van der Waals surface area contributed by atoms with Crippen LogP contribution in [0.25, 0.3) is 11.0 Å². The van der Waals surface area contributed by atoms with Crippen LogP contribution in [0.4, 0.5) is 0 Å². The molecular formula is C30H22N2O4. The van der Waals surface area contributed by atoms with Gasteiger partial charge < -0.3 is 14.1 Å². The average molecular weight is 475 g/mol. The van der Waals surface area contributed by atoms with Gasteiger partial charge in [-0.05, 0) is 47.0 Å². The van der Waals surface area contributed by atoms with Crippen molar-refractivity contribution < 1.29 is 13.9 Å². The van der Waals surface area contributed by atoms with Gasteiger partial charge in [0.15, 0.2) is 5.43 Å². The fraction of sp³-hybridized carbons (Fsp3) is 0.100. The smallest absolute Gasteiger partial charge is 0.291 e. The van der Waals surface area contributed by atoms with Crippen LogP contribution in [0.1, 0.15) is 38.9 Å². The minimum atomic E-state index is -0.586. The molecule has 0 unspecified atom stereocenters. The summed E-state index contributed by atoms with van der Waals surface area (Å²) < 4.78 is 11.9. The zero-order chi connectivity index (χ0) is 24.5. The molecule has 5 aromatic rings. The van der Waals surface area contributed by atoms with Gasteiger partial charge in [-0.25, -0.2) is 0 Å². The lowest BCUT2D eigenvalue weighted by molar-refractivity contribution is 0.0714. The second-order valence-corrected chi connectivity index (χ2v) is 8.71. The first kappa shape index (κ1) is 21.8. The van der Waals surface area contributed by atoms with Crippen molar-refractivity contribution in [2.45, 2.75) is 19.2 Å². The highest BCUT2D eigenvalue weighted by molar-refractivity contribution is 5.99. The number of aromatic nitrogens is 1. The van der Waals surface area contributed by atoms with Crippen molar-refractivity contribution in [1.82, 2.24) is 9.88 Å². The number of carbonyl (C=O) groups excluding carboxylic acids is 1. The minimum Gasteiger partial charge on any atom is -0.489 e. The van der Waals surface area contributed by atoms with Gasteiger partial charge in [0.2, 0.25) is 5.76 Å². The van der Waals surface area contributed by atoms with Crippen molar-refractivity contribution in [3.05, 3.63) is 142 Å². The van der Waals surface area contributed by atoms with E-state index >= 15 is 0 Å². The summed E-state index contributed by atoms with van der Waals surface area (Å²) >= 11 is 0. The van der Waals surface area contributed by atoms with Crippen LogP contribution in [0.2, 0.25) is 0 Å². The maximum atomic E-state index is 13.6. The van der Waals surface area contributed by atoms with E-state index in [9.17, 15) is 9.59 Å². The molecule has 0 saturated carbocycles. The van der Waals surface area contributed by atoms with Crippen LogP contribution in [0, 0.1) is 0 Å². The summed E-state index contributed by atoms with van der Waals surface area (Å²) in [6.07, 6.45) is 3.41.